The van der Waals surface area contributed by atoms with Crippen LogP contribution in [0.2, 0.25) is 0 Å². The molecule has 0 bridgehead atoms. The number of nitrogens with one attached hydrogen (secondary N) is 1. The van der Waals surface area contributed by atoms with Crippen molar-refractivity contribution in [2.24, 2.45) is 0 Å². The number of amides is 1. The number of pyridine rings is 1. The average molecular weight is 514 g/mol. The highest BCUT2D eigenvalue weighted by atomic mass is 79.9. The molecule has 2 aromatic heterocycles. The van der Waals surface area contributed by atoms with Crippen LogP contribution in [-0.4, -0.2) is 10.9 Å². The zero-order chi connectivity index (χ0) is 22.9. The summed E-state index contributed by atoms with van der Waals surface area (Å²) in [5, 5.41) is 3.75. The molecule has 3 aromatic carbocycles. The van der Waals surface area contributed by atoms with Gasteiger partial charge in [0.1, 0.15) is 9.71 Å². The number of hydrogen-bond acceptors (Lipinski definition) is 4. The molecule has 162 valence electrons. The molecule has 0 radical (unpaired) electrons. The van der Waals surface area contributed by atoms with E-state index in [2.05, 4.69) is 58.5 Å². The molecule has 6 heteroatoms. The lowest BCUT2D eigenvalue weighted by molar-refractivity contribution is 0.103. The number of aryl methyl sites for hydroxylation is 1. The van der Waals surface area contributed by atoms with Gasteiger partial charge in [0.25, 0.3) is 5.91 Å². The Bertz CT molecular complexity index is 1460. The van der Waals surface area contributed by atoms with Crippen LogP contribution in [0, 0.1) is 6.92 Å². The third-order valence-electron chi connectivity index (χ3n) is 5.44. The topological polar surface area (TPSA) is 68.0 Å². The van der Waals surface area contributed by atoms with Gasteiger partial charge < -0.3 is 11.1 Å². The summed E-state index contributed by atoms with van der Waals surface area (Å²) in [4.78, 5) is 19.2. The summed E-state index contributed by atoms with van der Waals surface area (Å²) in [6.45, 7) is 2.06. The maximum Gasteiger partial charge on any atom is 0.267 e. The molecule has 0 aliphatic rings. The fourth-order valence-electron chi connectivity index (χ4n) is 3.73. The van der Waals surface area contributed by atoms with E-state index in [1.54, 1.807) is 0 Å². The van der Waals surface area contributed by atoms with Crippen LogP contribution in [0.3, 0.4) is 0 Å². The molecular weight excluding hydrogens is 494 g/mol. The van der Waals surface area contributed by atoms with Crippen LogP contribution in [0.4, 0.5) is 11.4 Å². The third-order valence-corrected chi connectivity index (χ3v) is 7.07. The van der Waals surface area contributed by atoms with Gasteiger partial charge in [-0.25, -0.2) is 4.98 Å². The second-order valence-corrected chi connectivity index (χ2v) is 9.69. The van der Waals surface area contributed by atoms with Gasteiger partial charge in [0.05, 0.1) is 11.4 Å². The Morgan fingerprint density at radius 3 is 2.33 bits per heavy atom. The van der Waals surface area contributed by atoms with Crippen LogP contribution >= 0.6 is 27.3 Å². The number of halogens is 1. The minimum atomic E-state index is -0.242. The first-order chi connectivity index (χ1) is 16.0. The number of carbonyl (C=O) groups excluding carboxylic acids is 1. The molecule has 0 unspecified atom stereocenters. The highest BCUT2D eigenvalue weighted by molar-refractivity contribution is 9.10. The number of carbonyl (C=O) groups is 1. The second kappa shape index (κ2) is 8.81. The molecule has 0 saturated heterocycles. The lowest BCUT2D eigenvalue weighted by Crippen LogP contribution is -2.11. The van der Waals surface area contributed by atoms with Crippen LogP contribution in [0.15, 0.2) is 89.4 Å². The fraction of sp³-hybridized carbons (Fsp3) is 0.0370. The summed E-state index contributed by atoms with van der Waals surface area (Å²) in [6.07, 6.45) is 0. The smallest absolute Gasteiger partial charge is 0.267 e. The number of thiophene rings is 1. The Morgan fingerprint density at radius 2 is 1.64 bits per heavy atom. The van der Waals surface area contributed by atoms with E-state index in [4.69, 9.17) is 10.7 Å². The summed E-state index contributed by atoms with van der Waals surface area (Å²) >= 11 is 4.73. The number of fused-ring (bicyclic) bond motifs is 1. The van der Waals surface area contributed by atoms with Gasteiger partial charge in [0.2, 0.25) is 0 Å². The van der Waals surface area contributed by atoms with Crippen molar-refractivity contribution in [3.05, 3.63) is 99.8 Å². The third kappa shape index (κ3) is 4.27. The first-order valence-electron chi connectivity index (χ1n) is 10.4. The summed E-state index contributed by atoms with van der Waals surface area (Å²) in [7, 11) is 0. The SMILES string of the molecule is Cc1ccc(-c2cc(-c3ccccc3)nc3sc(C(=O)Nc4ccc(Br)cc4)c(N)c23)cc1. The van der Waals surface area contributed by atoms with E-state index in [1.165, 1.54) is 16.9 Å². The summed E-state index contributed by atoms with van der Waals surface area (Å²) < 4.78 is 0.947. The largest absolute Gasteiger partial charge is 0.397 e. The second-order valence-electron chi connectivity index (χ2n) is 7.77. The van der Waals surface area contributed by atoms with Gasteiger partial charge in [-0.15, -0.1) is 11.3 Å². The minimum absolute atomic E-state index is 0.242. The van der Waals surface area contributed by atoms with Gasteiger partial charge in [-0.3, -0.25) is 4.79 Å². The Hall–Kier alpha value is -3.48. The Labute approximate surface area is 204 Å². The van der Waals surface area contributed by atoms with Gasteiger partial charge in [-0.1, -0.05) is 76.1 Å². The van der Waals surface area contributed by atoms with Crippen LogP contribution in [0.5, 0.6) is 0 Å². The van der Waals surface area contributed by atoms with Crippen molar-refractivity contribution in [2.45, 2.75) is 6.92 Å². The van der Waals surface area contributed by atoms with E-state index in [-0.39, 0.29) is 5.91 Å². The highest BCUT2D eigenvalue weighted by Gasteiger charge is 2.21. The van der Waals surface area contributed by atoms with E-state index in [9.17, 15) is 4.79 Å². The van der Waals surface area contributed by atoms with Crippen LogP contribution in [0.25, 0.3) is 32.6 Å². The van der Waals surface area contributed by atoms with Crippen molar-refractivity contribution in [2.75, 3.05) is 11.1 Å². The summed E-state index contributed by atoms with van der Waals surface area (Å²) in [5.41, 5.74) is 12.8. The quantitative estimate of drug-likeness (QED) is 0.260. The number of anilines is 2. The molecule has 33 heavy (non-hydrogen) atoms. The van der Waals surface area contributed by atoms with Crippen molar-refractivity contribution in [1.29, 1.82) is 0 Å². The minimum Gasteiger partial charge on any atom is -0.397 e. The molecule has 3 N–H and O–H groups in total. The molecule has 0 spiro atoms. The average Bonchev–Trinajstić information content (AvgIpc) is 3.17. The number of hydrogen-bond donors (Lipinski definition) is 2. The predicted molar refractivity (Wildman–Crippen MR) is 142 cm³/mol. The number of benzene rings is 3. The predicted octanol–water partition coefficient (Wildman–Crippen LogP) is 7.54. The lowest BCUT2D eigenvalue weighted by atomic mass is 9.99. The maximum absolute atomic E-state index is 13.1. The fourth-order valence-corrected chi connectivity index (χ4v) is 5.01. The van der Waals surface area contributed by atoms with Crippen molar-refractivity contribution in [1.82, 2.24) is 4.98 Å². The van der Waals surface area contributed by atoms with Crippen molar-refractivity contribution < 1.29 is 4.79 Å². The van der Waals surface area contributed by atoms with Crippen molar-refractivity contribution >= 4 is 54.8 Å². The number of rotatable bonds is 4. The molecule has 0 aliphatic heterocycles. The van der Waals surface area contributed by atoms with E-state index in [0.29, 0.717) is 16.3 Å². The molecule has 5 aromatic rings. The first-order valence-corrected chi connectivity index (χ1v) is 12.0. The molecule has 1 amide bonds. The van der Waals surface area contributed by atoms with E-state index in [0.717, 1.165) is 37.1 Å². The van der Waals surface area contributed by atoms with Crippen LogP contribution in [-0.2, 0) is 0 Å². The van der Waals surface area contributed by atoms with Gasteiger partial charge in [0, 0.05) is 21.1 Å². The number of nitrogen functional groups attached to an aromatic ring is 1. The molecule has 0 fully saturated rings. The zero-order valence-electron chi connectivity index (χ0n) is 17.8. The van der Waals surface area contributed by atoms with Crippen LogP contribution < -0.4 is 11.1 Å². The molecule has 0 atom stereocenters. The first kappa shape index (κ1) is 21.4. The zero-order valence-corrected chi connectivity index (χ0v) is 20.2. The lowest BCUT2D eigenvalue weighted by Gasteiger charge is -2.09. The Balaban J connectivity index is 1.66. The van der Waals surface area contributed by atoms with E-state index < -0.39 is 0 Å². The Morgan fingerprint density at radius 1 is 0.939 bits per heavy atom. The molecular formula is C27H20BrN3OS. The molecule has 4 nitrogen and oxygen atoms in total. The highest BCUT2D eigenvalue weighted by Crippen LogP contribution is 2.41. The summed E-state index contributed by atoms with van der Waals surface area (Å²) in [6, 6.07) is 27.9. The van der Waals surface area contributed by atoms with E-state index in [1.807, 2.05) is 54.6 Å². The van der Waals surface area contributed by atoms with Crippen molar-refractivity contribution in [3.8, 4) is 22.4 Å². The maximum atomic E-state index is 13.1. The number of nitrogens with zero attached hydrogens (tertiary/aromatic N) is 1. The van der Waals surface area contributed by atoms with Gasteiger partial charge in [-0.05, 0) is 48.4 Å². The standard InChI is InChI=1S/C27H20BrN3OS/c1-16-7-9-17(10-8-16)21-15-22(18-5-3-2-4-6-18)31-27-23(21)24(29)25(33-27)26(32)30-20-13-11-19(28)12-14-20/h2-15H,29H2,1H3,(H,30,32). The Kier molecular flexibility index (Phi) is 5.70. The molecule has 5 rings (SSSR count). The number of aromatic nitrogens is 1. The van der Waals surface area contributed by atoms with Gasteiger partial charge in [0.15, 0.2) is 0 Å². The van der Waals surface area contributed by atoms with E-state index >= 15 is 0 Å². The molecule has 0 saturated carbocycles. The van der Waals surface area contributed by atoms with Crippen molar-refractivity contribution in [3.63, 3.8) is 0 Å². The summed E-state index contributed by atoms with van der Waals surface area (Å²) in [5.74, 6) is -0.242. The monoisotopic (exact) mass is 513 g/mol. The number of nitrogens with two attached hydrogens (primary N) is 1. The normalized spacial score (nSPS) is 11.0. The van der Waals surface area contributed by atoms with Gasteiger partial charge >= 0.3 is 0 Å². The molecule has 2 heterocycles. The van der Waals surface area contributed by atoms with Gasteiger partial charge in [-0.2, -0.15) is 0 Å². The molecule has 0 aliphatic carbocycles. The van der Waals surface area contributed by atoms with Crippen LogP contribution in [0.1, 0.15) is 15.2 Å².